The predicted octanol–water partition coefficient (Wildman–Crippen LogP) is 1.60. The zero-order valence-electron chi connectivity index (χ0n) is 13.1. The summed E-state index contributed by atoms with van der Waals surface area (Å²) in [6.45, 7) is 3.87. The first-order chi connectivity index (χ1) is 11.5. The van der Waals surface area contributed by atoms with Gasteiger partial charge < -0.3 is 0 Å². The maximum atomic E-state index is 12.5. The van der Waals surface area contributed by atoms with Gasteiger partial charge >= 0.3 is 5.69 Å². The van der Waals surface area contributed by atoms with Gasteiger partial charge in [-0.2, -0.15) is 14.9 Å². The number of hydrogen-bond acceptors (Lipinski definition) is 4. The van der Waals surface area contributed by atoms with E-state index in [1.54, 1.807) is 13.8 Å². The molecular formula is C15H15ClN6O2. The van der Waals surface area contributed by atoms with Crippen LogP contribution in [-0.2, 0) is 6.54 Å². The molecule has 0 bridgehead atoms. The van der Waals surface area contributed by atoms with Crippen molar-refractivity contribution in [3.63, 3.8) is 0 Å². The molecule has 0 radical (unpaired) electrons. The Balaban J connectivity index is 1.95. The highest BCUT2D eigenvalue weighted by Crippen LogP contribution is 2.23. The minimum absolute atomic E-state index is 0.173. The molecule has 9 heteroatoms. The molecule has 0 unspecified atom stereocenters. The van der Waals surface area contributed by atoms with Gasteiger partial charge in [0.15, 0.2) is 0 Å². The number of para-hydroxylation sites is 1. The molecule has 1 aromatic carbocycles. The smallest absolute Gasteiger partial charge is 0.267 e. The van der Waals surface area contributed by atoms with Crippen LogP contribution < -0.4 is 11.1 Å². The van der Waals surface area contributed by atoms with E-state index in [-0.39, 0.29) is 10.7 Å². The molecule has 0 spiro atoms. The molecule has 1 N–H and O–H groups in total. The number of benzene rings is 1. The molecule has 0 aliphatic carbocycles. The first-order valence-corrected chi connectivity index (χ1v) is 7.67. The van der Waals surface area contributed by atoms with Gasteiger partial charge in [0.25, 0.3) is 5.91 Å². The van der Waals surface area contributed by atoms with Gasteiger partial charge in [0.1, 0.15) is 17.0 Å². The highest BCUT2D eigenvalue weighted by molar-refractivity contribution is 6.33. The number of aromatic nitrogens is 5. The average Bonchev–Trinajstić information content (AvgIpc) is 3.08. The normalized spacial score (nSPS) is 10.8. The molecule has 0 aliphatic heterocycles. The largest absolute Gasteiger partial charge is 0.364 e. The zero-order chi connectivity index (χ0) is 17.3. The quantitative estimate of drug-likeness (QED) is 0.777. The minimum Gasteiger partial charge on any atom is -0.267 e. The van der Waals surface area contributed by atoms with E-state index in [1.165, 1.54) is 15.7 Å². The summed E-state index contributed by atoms with van der Waals surface area (Å²) in [5.74, 6) is -0.530. The van der Waals surface area contributed by atoms with Crippen LogP contribution in [0.2, 0.25) is 5.15 Å². The molecule has 2 aromatic heterocycles. The van der Waals surface area contributed by atoms with Gasteiger partial charge in [0.2, 0.25) is 0 Å². The Morgan fingerprint density at radius 1 is 1.29 bits per heavy atom. The third-order valence-electron chi connectivity index (χ3n) is 3.49. The van der Waals surface area contributed by atoms with Gasteiger partial charge in [-0.3, -0.25) is 10.2 Å². The third-order valence-corrected chi connectivity index (χ3v) is 3.84. The Kier molecular flexibility index (Phi) is 4.22. The number of nitrogens with one attached hydrogen (secondary N) is 1. The van der Waals surface area contributed by atoms with Crippen molar-refractivity contribution in [1.82, 2.24) is 24.2 Å². The molecule has 0 saturated carbocycles. The Bertz CT molecular complexity index is 941. The molecule has 0 aliphatic rings. The van der Waals surface area contributed by atoms with Crippen LogP contribution in [0.15, 0.2) is 41.5 Å². The maximum Gasteiger partial charge on any atom is 0.364 e. The maximum absolute atomic E-state index is 12.5. The number of aryl methyl sites for hydroxylation is 2. The van der Waals surface area contributed by atoms with Crippen molar-refractivity contribution in [2.45, 2.75) is 20.4 Å². The van der Waals surface area contributed by atoms with Crippen molar-refractivity contribution in [2.75, 3.05) is 5.43 Å². The van der Waals surface area contributed by atoms with E-state index in [0.717, 1.165) is 10.4 Å². The highest BCUT2D eigenvalue weighted by Gasteiger charge is 2.22. The lowest BCUT2D eigenvalue weighted by atomic mass is 10.2. The van der Waals surface area contributed by atoms with Crippen molar-refractivity contribution in [3.8, 4) is 5.69 Å². The van der Waals surface area contributed by atoms with Gasteiger partial charge in [-0.05, 0) is 26.0 Å². The third kappa shape index (κ3) is 2.71. The lowest BCUT2D eigenvalue weighted by Crippen LogP contribution is -2.34. The summed E-state index contributed by atoms with van der Waals surface area (Å²) in [6.07, 6.45) is 1.24. The Hall–Kier alpha value is -2.87. The number of carbonyl (C=O) groups is 1. The second kappa shape index (κ2) is 6.32. The fraction of sp³-hybridized carbons (Fsp3) is 0.200. The average molecular weight is 347 g/mol. The summed E-state index contributed by atoms with van der Waals surface area (Å²) in [4.78, 5) is 24.5. The second-order valence-electron chi connectivity index (χ2n) is 5.04. The van der Waals surface area contributed by atoms with Crippen molar-refractivity contribution >= 4 is 17.5 Å². The zero-order valence-corrected chi connectivity index (χ0v) is 13.9. The van der Waals surface area contributed by atoms with E-state index in [4.69, 9.17) is 11.6 Å². The van der Waals surface area contributed by atoms with Gasteiger partial charge in [0.05, 0.1) is 11.4 Å². The number of nitrogens with zero attached hydrogens (tertiary/aromatic N) is 5. The Labute approximate surface area is 142 Å². The minimum atomic E-state index is -0.530. The summed E-state index contributed by atoms with van der Waals surface area (Å²) >= 11 is 6.33. The molecule has 1 amide bonds. The van der Waals surface area contributed by atoms with Crippen LogP contribution in [0.1, 0.15) is 23.0 Å². The Morgan fingerprint density at radius 3 is 2.62 bits per heavy atom. The van der Waals surface area contributed by atoms with Crippen LogP contribution in [0.5, 0.6) is 0 Å². The predicted molar refractivity (Wildman–Crippen MR) is 89.2 cm³/mol. The SMILES string of the molecule is CCn1ncn(NC(=O)c2c(C)nn(-c3ccccc3)c2Cl)c1=O. The molecule has 0 saturated heterocycles. The van der Waals surface area contributed by atoms with E-state index < -0.39 is 11.6 Å². The Morgan fingerprint density at radius 2 is 2.00 bits per heavy atom. The van der Waals surface area contributed by atoms with E-state index in [2.05, 4.69) is 15.6 Å². The van der Waals surface area contributed by atoms with E-state index in [0.29, 0.717) is 12.2 Å². The summed E-state index contributed by atoms with van der Waals surface area (Å²) in [5.41, 5.74) is 3.43. The lowest BCUT2D eigenvalue weighted by Gasteiger charge is -2.05. The molecule has 3 rings (SSSR count). The van der Waals surface area contributed by atoms with Crippen molar-refractivity contribution < 1.29 is 4.79 Å². The van der Waals surface area contributed by atoms with Crippen LogP contribution in [-0.4, -0.2) is 30.1 Å². The second-order valence-corrected chi connectivity index (χ2v) is 5.40. The molecule has 0 atom stereocenters. The molecule has 8 nitrogen and oxygen atoms in total. The molecule has 124 valence electrons. The van der Waals surface area contributed by atoms with Crippen LogP contribution >= 0.6 is 11.6 Å². The van der Waals surface area contributed by atoms with Gasteiger partial charge in [-0.15, -0.1) is 0 Å². The van der Waals surface area contributed by atoms with Crippen LogP contribution in [0.25, 0.3) is 5.69 Å². The molecular weight excluding hydrogens is 332 g/mol. The number of carbonyl (C=O) groups excluding carboxylic acids is 1. The van der Waals surface area contributed by atoms with E-state index in [9.17, 15) is 9.59 Å². The number of amides is 1. The summed E-state index contributed by atoms with van der Waals surface area (Å²) < 4.78 is 3.72. The van der Waals surface area contributed by atoms with Crippen LogP contribution in [0.3, 0.4) is 0 Å². The van der Waals surface area contributed by atoms with Crippen molar-refractivity contribution in [3.05, 3.63) is 63.6 Å². The van der Waals surface area contributed by atoms with E-state index >= 15 is 0 Å². The standard InChI is InChI=1S/C15H15ClN6O2/c1-3-20-15(24)21(9-17-20)19-14(23)12-10(2)18-22(13(12)16)11-7-5-4-6-8-11/h4-9H,3H2,1-2H3,(H,19,23). The van der Waals surface area contributed by atoms with Crippen LogP contribution in [0, 0.1) is 6.92 Å². The lowest BCUT2D eigenvalue weighted by molar-refractivity contribution is 0.101. The van der Waals surface area contributed by atoms with Crippen molar-refractivity contribution in [2.24, 2.45) is 0 Å². The fourth-order valence-electron chi connectivity index (χ4n) is 2.29. The summed E-state index contributed by atoms with van der Waals surface area (Å²) in [5, 5.41) is 8.35. The van der Waals surface area contributed by atoms with Gasteiger partial charge in [0, 0.05) is 6.54 Å². The topological polar surface area (TPSA) is 86.7 Å². The number of rotatable bonds is 4. The monoisotopic (exact) mass is 346 g/mol. The molecule has 3 aromatic rings. The molecule has 24 heavy (non-hydrogen) atoms. The number of halogens is 1. The number of hydrogen-bond donors (Lipinski definition) is 1. The molecule has 2 heterocycles. The van der Waals surface area contributed by atoms with Crippen molar-refractivity contribution in [1.29, 1.82) is 0 Å². The van der Waals surface area contributed by atoms with Gasteiger partial charge in [-0.1, -0.05) is 29.8 Å². The first-order valence-electron chi connectivity index (χ1n) is 7.29. The highest BCUT2D eigenvalue weighted by atomic mass is 35.5. The summed E-state index contributed by atoms with van der Waals surface area (Å²) in [6, 6.07) is 9.23. The van der Waals surface area contributed by atoms with Gasteiger partial charge in [-0.25, -0.2) is 14.2 Å². The van der Waals surface area contributed by atoms with E-state index in [1.807, 2.05) is 30.3 Å². The first kappa shape index (κ1) is 16.0. The fourth-order valence-corrected chi connectivity index (χ4v) is 2.65. The summed E-state index contributed by atoms with van der Waals surface area (Å²) in [7, 11) is 0. The molecule has 0 fully saturated rings. The van der Waals surface area contributed by atoms with Crippen LogP contribution in [0.4, 0.5) is 0 Å².